The summed E-state index contributed by atoms with van der Waals surface area (Å²) in [6, 6.07) is 0.742. The monoisotopic (exact) mass is 289 g/mol. The fraction of sp³-hybridized carbons (Fsp3) is 0.455. The third-order valence-corrected chi connectivity index (χ3v) is 3.80. The summed E-state index contributed by atoms with van der Waals surface area (Å²) in [6.07, 6.45) is 2.30. The van der Waals surface area contributed by atoms with Gasteiger partial charge in [-0.25, -0.2) is 4.79 Å². The summed E-state index contributed by atoms with van der Waals surface area (Å²) < 4.78 is 4.97. The second-order valence-corrected chi connectivity index (χ2v) is 5.39. The van der Waals surface area contributed by atoms with Crippen molar-refractivity contribution in [2.75, 3.05) is 19.1 Å². The Morgan fingerprint density at radius 3 is 2.83 bits per heavy atom. The summed E-state index contributed by atoms with van der Waals surface area (Å²) >= 11 is 2.77. The van der Waals surface area contributed by atoms with Crippen LogP contribution in [-0.4, -0.2) is 42.1 Å². The second kappa shape index (κ2) is 7.27. The number of nitrogens with one attached hydrogen (secondary N) is 1. The predicted octanol–water partition coefficient (Wildman–Crippen LogP) is 1.69. The van der Waals surface area contributed by atoms with Crippen LogP contribution in [0.5, 0.6) is 5.75 Å². The van der Waals surface area contributed by atoms with Crippen LogP contribution in [0.4, 0.5) is 0 Å². The van der Waals surface area contributed by atoms with Gasteiger partial charge in [0.05, 0.1) is 12.0 Å². The summed E-state index contributed by atoms with van der Waals surface area (Å²) in [5, 5.41) is 13.2. The van der Waals surface area contributed by atoms with Gasteiger partial charge in [0.25, 0.3) is 5.91 Å². The molecule has 1 aromatic rings. The number of thiophene rings is 1. The normalized spacial score (nSPS) is 11.9. The molecule has 0 aliphatic carbocycles. The van der Waals surface area contributed by atoms with Crippen molar-refractivity contribution in [3.05, 3.63) is 16.3 Å². The van der Waals surface area contributed by atoms with Gasteiger partial charge in [-0.3, -0.25) is 4.79 Å². The van der Waals surface area contributed by atoms with Gasteiger partial charge >= 0.3 is 5.97 Å². The molecule has 1 aromatic heterocycles. The number of carbonyl (C=O) groups excluding carboxylic acids is 1. The minimum Gasteiger partial charge on any atom is -0.496 e. The van der Waals surface area contributed by atoms with Gasteiger partial charge in [-0.2, -0.15) is 11.8 Å². The Morgan fingerprint density at radius 1 is 1.61 bits per heavy atom. The van der Waals surface area contributed by atoms with Gasteiger partial charge in [0, 0.05) is 11.4 Å². The van der Waals surface area contributed by atoms with Crippen LogP contribution < -0.4 is 10.1 Å². The van der Waals surface area contributed by atoms with E-state index in [0.29, 0.717) is 22.8 Å². The van der Waals surface area contributed by atoms with Crippen LogP contribution in [0.15, 0.2) is 11.4 Å². The highest BCUT2D eigenvalue weighted by Crippen LogP contribution is 2.21. The maximum Gasteiger partial charge on any atom is 0.326 e. The molecule has 0 saturated heterocycles. The molecule has 0 bridgehead atoms. The Hall–Kier alpha value is -1.21. The third kappa shape index (κ3) is 4.23. The topological polar surface area (TPSA) is 75.6 Å². The lowest BCUT2D eigenvalue weighted by Crippen LogP contribution is -2.40. The summed E-state index contributed by atoms with van der Waals surface area (Å²) in [4.78, 5) is 23.3. The number of hydrogen-bond donors (Lipinski definition) is 2. The number of aliphatic carboxylic acids is 1. The van der Waals surface area contributed by atoms with E-state index >= 15 is 0 Å². The van der Waals surface area contributed by atoms with E-state index in [1.165, 1.54) is 18.4 Å². The molecule has 1 amide bonds. The summed E-state index contributed by atoms with van der Waals surface area (Å²) in [5.41, 5.74) is 0. The fourth-order valence-electron chi connectivity index (χ4n) is 1.27. The van der Waals surface area contributed by atoms with Gasteiger partial charge < -0.3 is 15.2 Å². The molecule has 0 radical (unpaired) electrons. The maximum absolute atomic E-state index is 11.8. The van der Waals surface area contributed by atoms with Gasteiger partial charge in [-0.05, 0) is 18.4 Å². The van der Waals surface area contributed by atoms with Crippen LogP contribution in [0, 0.1) is 0 Å². The Morgan fingerprint density at radius 2 is 2.33 bits per heavy atom. The first-order valence-corrected chi connectivity index (χ1v) is 7.51. The number of methoxy groups -OCH3 is 1. The van der Waals surface area contributed by atoms with E-state index in [4.69, 9.17) is 9.84 Å². The third-order valence-electron chi connectivity index (χ3n) is 2.25. The van der Waals surface area contributed by atoms with E-state index in [9.17, 15) is 9.59 Å². The molecule has 7 heteroatoms. The largest absolute Gasteiger partial charge is 0.496 e. The molecule has 0 aromatic carbocycles. The van der Waals surface area contributed by atoms with Crippen LogP contribution in [0.25, 0.3) is 0 Å². The van der Waals surface area contributed by atoms with E-state index in [-0.39, 0.29) is 5.91 Å². The van der Waals surface area contributed by atoms with Crippen molar-refractivity contribution in [2.24, 2.45) is 0 Å². The molecule has 0 spiro atoms. The molecule has 0 aliphatic heterocycles. The molecule has 18 heavy (non-hydrogen) atoms. The van der Waals surface area contributed by atoms with E-state index in [2.05, 4.69) is 5.32 Å². The zero-order valence-electron chi connectivity index (χ0n) is 10.1. The quantitative estimate of drug-likeness (QED) is 0.799. The van der Waals surface area contributed by atoms with Crippen molar-refractivity contribution in [3.8, 4) is 5.75 Å². The SMILES string of the molecule is COc1csc(C(=O)NC(CCSC)C(=O)O)c1. The molecular formula is C11H15NO4S2. The van der Waals surface area contributed by atoms with Gasteiger partial charge in [-0.1, -0.05) is 0 Å². The van der Waals surface area contributed by atoms with Gasteiger partial charge in [0.15, 0.2) is 0 Å². The first kappa shape index (κ1) is 14.8. The molecule has 1 rings (SSSR count). The van der Waals surface area contributed by atoms with E-state index in [1.54, 1.807) is 23.2 Å². The highest BCUT2D eigenvalue weighted by molar-refractivity contribution is 7.98. The van der Waals surface area contributed by atoms with Crippen LogP contribution >= 0.6 is 23.1 Å². The molecular weight excluding hydrogens is 274 g/mol. The first-order valence-electron chi connectivity index (χ1n) is 5.23. The molecule has 5 nitrogen and oxygen atoms in total. The number of carbonyl (C=O) groups is 2. The summed E-state index contributed by atoms with van der Waals surface area (Å²) in [6.45, 7) is 0. The lowest BCUT2D eigenvalue weighted by Gasteiger charge is -2.12. The van der Waals surface area contributed by atoms with Crippen molar-refractivity contribution in [1.29, 1.82) is 0 Å². The second-order valence-electron chi connectivity index (χ2n) is 3.50. The molecule has 1 atom stereocenters. The molecule has 1 unspecified atom stereocenters. The van der Waals surface area contributed by atoms with Crippen molar-refractivity contribution in [3.63, 3.8) is 0 Å². The number of carboxylic acid groups (broad SMARTS) is 1. The van der Waals surface area contributed by atoms with Crippen molar-refractivity contribution in [1.82, 2.24) is 5.32 Å². The number of rotatable bonds is 7. The Bertz CT molecular complexity index is 419. The number of amides is 1. The molecule has 1 heterocycles. The van der Waals surface area contributed by atoms with E-state index in [1.807, 2.05) is 6.26 Å². The number of thioether (sulfide) groups is 1. The summed E-state index contributed by atoms with van der Waals surface area (Å²) in [5.74, 6) is -0.107. The zero-order valence-corrected chi connectivity index (χ0v) is 11.8. The van der Waals surface area contributed by atoms with Crippen LogP contribution in [0.2, 0.25) is 0 Å². The van der Waals surface area contributed by atoms with Crippen LogP contribution in [0.3, 0.4) is 0 Å². The van der Waals surface area contributed by atoms with Crippen molar-refractivity contribution < 1.29 is 19.4 Å². The number of ether oxygens (including phenoxy) is 1. The lowest BCUT2D eigenvalue weighted by molar-refractivity contribution is -0.139. The maximum atomic E-state index is 11.8. The average molecular weight is 289 g/mol. The Kier molecular flexibility index (Phi) is 6.00. The molecule has 0 fully saturated rings. The van der Waals surface area contributed by atoms with E-state index < -0.39 is 12.0 Å². The van der Waals surface area contributed by atoms with Crippen LogP contribution in [0.1, 0.15) is 16.1 Å². The van der Waals surface area contributed by atoms with Crippen molar-refractivity contribution in [2.45, 2.75) is 12.5 Å². The molecule has 100 valence electrons. The standard InChI is InChI=1S/C11H15NO4S2/c1-16-7-5-9(18-6-7)10(13)12-8(11(14)15)3-4-17-2/h5-6,8H,3-4H2,1-2H3,(H,12,13)(H,14,15). The molecule has 2 N–H and O–H groups in total. The fourth-order valence-corrected chi connectivity index (χ4v) is 2.50. The Balaban J connectivity index is 2.62. The molecule has 0 saturated carbocycles. The van der Waals surface area contributed by atoms with Gasteiger partial charge in [0.1, 0.15) is 11.8 Å². The van der Waals surface area contributed by atoms with Crippen molar-refractivity contribution >= 4 is 35.0 Å². The number of hydrogen-bond acceptors (Lipinski definition) is 5. The van der Waals surface area contributed by atoms with Gasteiger partial charge in [-0.15, -0.1) is 11.3 Å². The van der Waals surface area contributed by atoms with E-state index in [0.717, 1.165) is 0 Å². The minimum atomic E-state index is -1.01. The average Bonchev–Trinajstić information content (AvgIpc) is 2.82. The highest BCUT2D eigenvalue weighted by Gasteiger charge is 2.21. The zero-order chi connectivity index (χ0) is 13.5. The smallest absolute Gasteiger partial charge is 0.326 e. The summed E-state index contributed by atoms with van der Waals surface area (Å²) in [7, 11) is 1.52. The van der Waals surface area contributed by atoms with Crippen LogP contribution in [-0.2, 0) is 4.79 Å². The first-order chi connectivity index (χ1) is 8.58. The lowest BCUT2D eigenvalue weighted by atomic mass is 10.2. The highest BCUT2D eigenvalue weighted by atomic mass is 32.2. The minimum absolute atomic E-state index is 0.378. The molecule has 0 aliphatic rings. The Labute approximate surface area is 114 Å². The van der Waals surface area contributed by atoms with Gasteiger partial charge in [0.2, 0.25) is 0 Å². The predicted molar refractivity (Wildman–Crippen MR) is 72.8 cm³/mol. The number of carboxylic acids is 1.